The van der Waals surface area contributed by atoms with Crippen molar-refractivity contribution in [3.8, 4) is 111 Å². The second-order valence-electron chi connectivity index (χ2n) is 28.9. The molecule has 0 saturated heterocycles. The molecule has 0 aliphatic carbocycles. The van der Waals surface area contributed by atoms with E-state index in [2.05, 4.69) is 469 Å². The maximum absolute atomic E-state index is 2.86. The van der Waals surface area contributed by atoms with Crippen molar-refractivity contribution >= 4 is 129 Å². The van der Waals surface area contributed by atoms with Crippen molar-refractivity contribution in [1.29, 1.82) is 0 Å². The Kier molecular flexibility index (Phi) is 86.0. The quantitative estimate of drug-likeness (QED) is 0.0529. The van der Waals surface area contributed by atoms with Gasteiger partial charge >= 0.3 is 0 Å². The van der Waals surface area contributed by atoms with E-state index in [9.17, 15) is 0 Å². The molecule has 14 unspecified atom stereocenters. The number of rotatable bonds is 24. The van der Waals surface area contributed by atoms with Gasteiger partial charge in [-0.25, -0.2) is 0 Å². The van der Waals surface area contributed by atoms with Gasteiger partial charge in [-0.1, -0.05) is 476 Å². The summed E-state index contributed by atoms with van der Waals surface area (Å²) in [5.74, 6) is 0. The predicted molar refractivity (Wildman–Crippen MR) is 711 cm³/mol. The zero-order valence-corrected chi connectivity index (χ0v) is 107. The Bertz CT molecular complexity index is 5570. The Morgan fingerprint density at radius 3 is 0.556 bits per heavy atom. The summed E-state index contributed by atoms with van der Waals surface area (Å²) in [6.45, 7) is 48.0. The van der Waals surface area contributed by atoms with Gasteiger partial charge in [-0.15, -0.1) is 129 Å². The lowest BCUT2D eigenvalue weighted by molar-refractivity contribution is 1.28. The molecule has 0 radical (unpaired) electrons. The fourth-order valence-electron chi connectivity index (χ4n) is 14.1. The number of benzene rings is 15. The Morgan fingerprint density at radius 2 is 0.303 bits per heavy atom. The highest BCUT2D eigenvalue weighted by molar-refractivity contribution is 7.17. The van der Waals surface area contributed by atoms with E-state index in [0.717, 1.165) is 86.3 Å². The van der Waals surface area contributed by atoms with Gasteiger partial charge in [0.2, 0.25) is 0 Å². The molecule has 15 rings (SSSR count). The van der Waals surface area contributed by atoms with Crippen molar-refractivity contribution in [3.05, 3.63) is 418 Å². The van der Waals surface area contributed by atoms with Crippen molar-refractivity contribution < 1.29 is 0 Å². The fourth-order valence-corrected chi connectivity index (χ4v) is 18.2. The van der Waals surface area contributed by atoms with E-state index in [0.29, 0.717) is 0 Å². The van der Waals surface area contributed by atoms with E-state index in [4.69, 9.17) is 0 Å². The number of hydrogen-bond donors (Lipinski definition) is 0. The predicted octanol–water partition coefficient (Wildman–Crippen LogP) is 42.7. The van der Waals surface area contributed by atoms with Crippen LogP contribution in [0.5, 0.6) is 0 Å². The van der Waals surface area contributed by atoms with Gasteiger partial charge in [-0.3, -0.25) is 0 Å². The molecule has 0 N–H and O–H groups in total. The zero-order valence-electron chi connectivity index (χ0n) is 91.3. The molecule has 0 fully saturated rings. The van der Waals surface area contributed by atoms with Crippen LogP contribution in [0.4, 0.5) is 0 Å². The SMILES string of the molecule is CC.CC.CC.CC.CC.CC.CC.CC.CC.CC.CC.CC.PCc1ccc(-c2ccc(CP)c(-c3ccc(CP)cc3)c2)cc1.PCc1ccc(-c2cccc(-c3cc(CP)cc(CP)c3)c2)cc1.PCc1ccc(-c2cccc(-c3ccc(CP)c(CP)c3)c2)cc1.PCc1ccc(-c2cccc(-c3ccc(CP)cc3)c2)cc1.PCc1ccc(-c2cccc(-c3ccc(CP)cc3CP)c2)cc1. The lowest BCUT2D eigenvalue weighted by Crippen LogP contribution is -1.90. The summed E-state index contributed by atoms with van der Waals surface area (Å²) in [6.07, 6.45) is 13.9. The van der Waals surface area contributed by atoms with E-state index in [1.54, 1.807) is 0 Å². The molecule has 0 saturated carbocycles. The van der Waals surface area contributed by atoms with Crippen LogP contribution in [0.3, 0.4) is 0 Å². The molecule has 766 valence electrons. The smallest absolute Gasteiger partial charge is 0.0122 e. The van der Waals surface area contributed by atoms with Crippen LogP contribution in [0.1, 0.15) is 244 Å². The average molecular weight is 2160 g/mol. The molecule has 14 heteroatoms. The van der Waals surface area contributed by atoms with Crippen LogP contribution in [0.25, 0.3) is 111 Å². The third-order valence-corrected chi connectivity index (χ3v) is 27.7. The van der Waals surface area contributed by atoms with E-state index >= 15 is 0 Å². The second-order valence-corrected chi connectivity index (χ2v) is 34.7. The molecule has 0 nitrogen and oxygen atoms in total. The molecular weight excluding hydrogens is 1970 g/mol. The topological polar surface area (TPSA) is 0 Å². The van der Waals surface area contributed by atoms with Crippen molar-refractivity contribution in [2.75, 3.05) is 0 Å². The number of hydrogen-bond acceptors (Lipinski definition) is 0. The Morgan fingerprint density at radius 1 is 0.106 bits per heavy atom. The minimum atomic E-state index is 0.965. The van der Waals surface area contributed by atoms with Crippen molar-refractivity contribution in [2.24, 2.45) is 0 Å². The van der Waals surface area contributed by atoms with E-state index in [1.807, 2.05) is 166 Å². The molecule has 142 heavy (non-hydrogen) atoms. The maximum Gasteiger partial charge on any atom is -0.0122 e. The molecule has 0 aliphatic rings. The highest BCUT2D eigenvalue weighted by atomic mass is 31.0. The lowest BCUT2D eigenvalue weighted by Gasteiger charge is -2.12. The first kappa shape index (κ1) is 138. The van der Waals surface area contributed by atoms with Crippen LogP contribution in [0.2, 0.25) is 0 Å². The zero-order chi connectivity index (χ0) is 107. The molecule has 15 aromatic carbocycles. The van der Waals surface area contributed by atoms with Gasteiger partial charge in [0.1, 0.15) is 0 Å². The van der Waals surface area contributed by atoms with Gasteiger partial charge in [0.05, 0.1) is 0 Å². The second kappa shape index (κ2) is 88.3. The summed E-state index contributed by atoms with van der Waals surface area (Å²) in [7, 11) is 39.2. The summed E-state index contributed by atoms with van der Waals surface area (Å²) in [6, 6.07) is 124. The van der Waals surface area contributed by atoms with Gasteiger partial charge in [0, 0.05) is 0 Å². The maximum atomic E-state index is 2.86. The van der Waals surface area contributed by atoms with Gasteiger partial charge in [-0.05, 0) is 306 Å². The molecule has 15 aromatic rings. The van der Waals surface area contributed by atoms with Crippen LogP contribution < -0.4 is 0 Å². The molecule has 0 amide bonds. The Labute approximate surface area is 903 Å². The molecule has 0 bridgehead atoms. The van der Waals surface area contributed by atoms with E-state index in [1.165, 1.54) is 189 Å². The van der Waals surface area contributed by atoms with Crippen LogP contribution in [0.15, 0.2) is 340 Å². The van der Waals surface area contributed by atoms with Crippen LogP contribution in [-0.4, -0.2) is 0 Å². The minimum Gasteiger partial charge on any atom is -0.133 e. The standard InChI is InChI=1S/4C21H23P3.C20H20P2.12C2H6/c22-12-15-1-5-17(6-2-15)19-9-10-20(14-24)21(11-19)18-7-3-16(13-23)4-8-18;22-12-15-4-7-17(8-5-15)18-2-1-3-19(11-18)21-9-6-16(13-23)10-20(21)14-24;22-12-15-4-6-18(7-5-15)19-2-1-3-20(11-19)21-9-16(13-23)8-17(10-21)14-24;22-12-15-4-6-16(7-5-15)17-2-1-3-18(10-17)19-8-9-20(13-23)21(11-19)14-24;21-13-15-4-8-17(9-5-15)19-2-1-3-20(12-19)18-10-6-16(14-22)7-11-18;12*1-2/h4*1-11H,12-14,22-24H2;1-12H,13-14,21-22H2;12*1-2H3. The molecule has 0 heterocycles. The third-order valence-electron chi connectivity index (χ3n) is 21.2. The van der Waals surface area contributed by atoms with Crippen molar-refractivity contribution in [1.82, 2.24) is 0 Å². The van der Waals surface area contributed by atoms with E-state index in [-0.39, 0.29) is 0 Å². The highest BCUT2D eigenvalue weighted by Crippen LogP contribution is 2.38. The molecule has 0 aromatic heterocycles. The minimum absolute atomic E-state index is 0.965. The Balaban J connectivity index is 0. The summed E-state index contributed by atoms with van der Waals surface area (Å²) in [5, 5.41) is 0. The van der Waals surface area contributed by atoms with Gasteiger partial charge < -0.3 is 0 Å². The first-order valence-electron chi connectivity index (χ1n) is 52.1. The normalized spacial score (nSPS) is 9.45. The van der Waals surface area contributed by atoms with Crippen molar-refractivity contribution in [3.63, 3.8) is 0 Å². The van der Waals surface area contributed by atoms with Crippen LogP contribution >= 0.6 is 129 Å². The first-order valence-corrected chi connectivity index (χ1v) is 63.6. The highest BCUT2D eigenvalue weighted by Gasteiger charge is 2.13. The largest absolute Gasteiger partial charge is 0.133 e. The van der Waals surface area contributed by atoms with Gasteiger partial charge in [0.25, 0.3) is 0 Å². The Hall–Kier alpha value is -5.68. The summed E-state index contributed by atoms with van der Waals surface area (Å²) >= 11 is 0. The lowest BCUT2D eigenvalue weighted by atomic mass is 9.94. The summed E-state index contributed by atoms with van der Waals surface area (Å²) < 4.78 is 0. The summed E-state index contributed by atoms with van der Waals surface area (Å²) in [4.78, 5) is 0. The molecule has 0 spiro atoms. The molecular formula is C128H184P14. The van der Waals surface area contributed by atoms with E-state index < -0.39 is 0 Å². The monoisotopic (exact) mass is 2160 g/mol. The fraction of sp³-hybridized carbons (Fsp3) is 0.297. The molecule has 0 aliphatic heterocycles. The molecule has 14 atom stereocenters. The average Bonchev–Trinajstić information content (AvgIpc) is 0.827. The van der Waals surface area contributed by atoms with Crippen LogP contribution in [-0.2, 0) is 86.3 Å². The summed E-state index contributed by atoms with van der Waals surface area (Å²) in [5.41, 5.74) is 44.7. The first-order chi connectivity index (χ1) is 69.8. The van der Waals surface area contributed by atoms with Crippen molar-refractivity contribution in [2.45, 2.75) is 252 Å². The van der Waals surface area contributed by atoms with Gasteiger partial charge in [0.15, 0.2) is 0 Å². The van der Waals surface area contributed by atoms with Crippen LogP contribution in [0, 0.1) is 0 Å². The van der Waals surface area contributed by atoms with Gasteiger partial charge in [-0.2, -0.15) is 0 Å². The third kappa shape index (κ3) is 47.9.